The lowest BCUT2D eigenvalue weighted by molar-refractivity contribution is 0.0600. The molecule has 112 valence electrons. The number of methoxy groups -OCH3 is 1. The van der Waals surface area contributed by atoms with E-state index in [0.29, 0.717) is 11.1 Å². The first-order valence-electron chi connectivity index (χ1n) is 6.46. The molecule has 2 aromatic rings. The third kappa shape index (κ3) is 4.13. The van der Waals surface area contributed by atoms with Crippen LogP contribution in [0.1, 0.15) is 20.7 Å². The molecule has 6 heteroatoms. The highest BCUT2D eigenvalue weighted by Gasteiger charge is 2.10. The summed E-state index contributed by atoms with van der Waals surface area (Å²) in [6.07, 6.45) is 0. The van der Waals surface area contributed by atoms with Gasteiger partial charge in [0.25, 0.3) is 5.91 Å². The van der Waals surface area contributed by atoms with Crippen LogP contribution < -0.4 is 10.6 Å². The summed E-state index contributed by atoms with van der Waals surface area (Å²) in [5.74, 6) is -0.807. The van der Waals surface area contributed by atoms with E-state index in [1.165, 1.54) is 31.4 Å². The number of thiocarbonyl (C=S) groups is 1. The molecule has 0 aliphatic rings. The van der Waals surface area contributed by atoms with Crippen LogP contribution in [0.5, 0.6) is 0 Å². The van der Waals surface area contributed by atoms with Gasteiger partial charge in [-0.2, -0.15) is 0 Å². The van der Waals surface area contributed by atoms with Crippen LogP contribution in [0.25, 0.3) is 0 Å². The summed E-state index contributed by atoms with van der Waals surface area (Å²) in [4.78, 5) is 23.4. The Labute approximate surface area is 133 Å². The number of hydrogen-bond donors (Lipinski definition) is 2. The zero-order valence-corrected chi connectivity index (χ0v) is 12.6. The number of rotatable bonds is 3. The van der Waals surface area contributed by atoms with E-state index in [-0.39, 0.29) is 11.0 Å². The van der Waals surface area contributed by atoms with E-state index in [2.05, 4.69) is 15.4 Å². The van der Waals surface area contributed by atoms with Gasteiger partial charge in [-0.15, -0.1) is 0 Å². The number of para-hydroxylation sites is 1. The number of hydrogen-bond acceptors (Lipinski definition) is 4. The average molecular weight is 314 g/mol. The molecular weight excluding hydrogens is 300 g/mol. The lowest BCUT2D eigenvalue weighted by Gasteiger charge is -2.09. The number of carbonyl (C=O) groups excluding carboxylic acids is 2. The zero-order chi connectivity index (χ0) is 15.9. The predicted molar refractivity (Wildman–Crippen MR) is 87.9 cm³/mol. The Morgan fingerprint density at radius 2 is 1.55 bits per heavy atom. The normalized spacial score (nSPS) is 9.68. The highest BCUT2D eigenvalue weighted by Crippen LogP contribution is 2.07. The van der Waals surface area contributed by atoms with Gasteiger partial charge < -0.3 is 10.1 Å². The molecule has 2 rings (SSSR count). The number of esters is 1. The van der Waals surface area contributed by atoms with Gasteiger partial charge >= 0.3 is 5.97 Å². The van der Waals surface area contributed by atoms with Crippen LogP contribution in [0, 0.1) is 0 Å². The molecule has 0 aliphatic heterocycles. The summed E-state index contributed by atoms with van der Waals surface area (Å²) in [7, 11) is 1.30. The van der Waals surface area contributed by atoms with Gasteiger partial charge in [-0.1, -0.05) is 18.2 Å². The maximum Gasteiger partial charge on any atom is 0.337 e. The molecule has 5 nitrogen and oxygen atoms in total. The molecule has 2 aromatic carbocycles. The minimum atomic E-state index is -0.451. The van der Waals surface area contributed by atoms with Crippen molar-refractivity contribution in [3.8, 4) is 0 Å². The maximum absolute atomic E-state index is 12.0. The molecular formula is C16H14N2O3S. The van der Waals surface area contributed by atoms with Gasteiger partial charge in [0, 0.05) is 11.3 Å². The molecule has 0 bridgehead atoms. The Balaban J connectivity index is 1.97. The van der Waals surface area contributed by atoms with E-state index in [9.17, 15) is 9.59 Å². The average Bonchev–Trinajstić information content (AvgIpc) is 2.55. The summed E-state index contributed by atoms with van der Waals surface area (Å²) >= 11 is 5.08. The number of ether oxygens (including phenoxy) is 1. The van der Waals surface area contributed by atoms with Crippen molar-refractivity contribution < 1.29 is 14.3 Å². The molecule has 0 saturated carbocycles. The fraction of sp³-hybridized carbons (Fsp3) is 0.0625. The standard InChI is InChI=1S/C16H14N2O3S/c1-21-15(20)12-9-7-11(8-10-12)14(19)18-16(22)17-13-5-3-2-4-6-13/h2-10H,1H3,(H2,17,18,19,22). The van der Waals surface area contributed by atoms with Gasteiger partial charge in [0.15, 0.2) is 5.11 Å². The van der Waals surface area contributed by atoms with Gasteiger partial charge in [-0.05, 0) is 48.6 Å². The first kappa shape index (κ1) is 15.7. The molecule has 0 spiro atoms. The highest BCUT2D eigenvalue weighted by molar-refractivity contribution is 7.80. The van der Waals surface area contributed by atoms with Crippen molar-refractivity contribution in [1.29, 1.82) is 0 Å². The molecule has 0 fully saturated rings. The Hall–Kier alpha value is -2.73. The summed E-state index contributed by atoms with van der Waals surface area (Å²) in [6.45, 7) is 0. The smallest absolute Gasteiger partial charge is 0.337 e. The molecule has 0 heterocycles. The van der Waals surface area contributed by atoms with Crippen LogP contribution in [0.3, 0.4) is 0 Å². The summed E-state index contributed by atoms with van der Waals surface area (Å²) in [5, 5.41) is 5.68. The van der Waals surface area contributed by atoms with Gasteiger partial charge in [0.1, 0.15) is 0 Å². The number of anilines is 1. The largest absolute Gasteiger partial charge is 0.465 e. The SMILES string of the molecule is COC(=O)c1ccc(C(=O)NC(=S)Nc2ccccc2)cc1. The highest BCUT2D eigenvalue weighted by atomic mass is 32.1. The van der Waals surface area contributed by atoms with Crippen molar-refractivity contribution in [2.24, 2.45) is 0 Å². The molecule has 0 aliphatic carbocycles. The van der Waals surface area contributed by atoms with E-state index in [0.717, 1.165) is 5.69 Å². The number of nitrogens with one attached hydrogen (secondary N) is 2. The molecule has 0 aromatic heterocycles. The first-order valence-corrected chi connectivity index (χ1v) is 6.87. The predicted octanol–water partition coefficient (Wildman–Crippen LogP) is 2.60. The molecule has 0 unspecified atom stereocenters. The van der Waals surface area contributed by atoms with Crippen molar-refractivity contribution in [2.75, 3.05) is 12.4 Å². The van der Waals surface area contributed by atoms with Crippen molar-refractivity contribution in [1.82, 2.24) is 5.32 Å². The Morgan fingerprint density at radius 3 is 2.14 bits per heavy atom. The van der Waals surface area contributed by atoms with Crippen molar-refractivity contribution >= 4 is 34.9 Å². The van der Waals surface area contributed by atoms with Crippen molar-refractivity contribution in [2.45, 2.75) is 0 Å². The zero-order valence-electron chi connectivity index (χ0n) is 11.8. The van der Waals surface area contributed by atoms with Crippen LogP contribution in [-0.4, -0.2) is 24.1 Å². The Bertz CT molecular complexity index is 684. The van der Waals surface area contributed by atoms with Gasteiger partial charge in [-0.25, -0.2) is 4.79 Å². The molecule has 1 amide bonds. The third-order valence-corrected chi connectivity index (χ3v) is 3.03. The van der Waals surface area contributed by atoms with Gasteiger partial charge in [-0.3, -0.25) is 10.1 Å². The second-order valence-electron chi connectivity index (χ2n) is 4.34. The lowest BCUT2D eigenvalue weighted by Crippen LogP contribution is -2.34. The van der Waals surface area contributed by atoms with E-state index < -0.39 is 5.97 Å². The lowest BCUT2D eigenvalue weighted by atomic mass is 10.1. The van der Waals surface area contributed by atoms with E-state index in [4.69, 9.17) is 12.2 Å². The summed E-state index contributed by atoms with van der Waals surface area (Å²) in [6, 6.07) is 15.4. The van der Waals surface area contributed by atoms with E-state index in [1.807, 2.05) is 30.3 Å². The first-order chi connectivity index (χ1) is 10.6. The second-order valence-corrected chi connectivity index (χ2v) is 4.75. The quantitative estimate of drug-likeness (QED) is 0.673. The molecule has 22 heavy (non-hydrogen) atoms. The molecule has 0 saturated heterocycles. The minimum absolute atomic E-state index is 0.202. The van der Waals surface area contributed by atoms with Crippen LogP contribution in [0.15, 0.2) is 54.6 Å². The number of amides is 1. The summed E-state index contributed by atoms with van der Waals surface area (Å²) < 4.78 is 4.60. The third-order valence-electron chi connectivity index (χ3n) is 2.83. The van der Waals surface area contributed by atoms with E-state index in [1.54, 1.807) is 0 Å². The van der Waals surface area contributed by atoms with Gasteiger partial charge in [0.2, 0.25) is 0 Å². The van der Waals surface area contributed by atoms with Crippen LogP contribution in [0.4, 0.5) is 5.69 Å². The summed E-state index contributed by atoms with van der Waals surface area (Å²) in [5.41, 5.74) is 1.56. The minimum Gasteiger partial charge on any atom is -0.465 e. The fourth-order valence-electron chi connectivity index (χ4n) is 1.73. The fourth-order valence-corrected chi connectivity index (χ4v) is 1.95. The number of benzene rings is 2. The van der Waals surface area contributed by atoms with Crippen LogP contribution in [0.2, 0.25) is 0 Å². The second kappa shape index (κ2) is 7.33. The van der Waals surface area contributed by atoms with E-state index >= 15 is 0 Å². The van der Waals surface area contributed by atoms with Crippen molar-refractivity contribution in [3.05, 3.63) is 65.7 Å². The molecule has 2 N–H and O–H groups in total. The Morgan fingerprint density at radius 1 is 0.955 bits per heavy atom. The topological polar surface area (TPSA) is 67.4 Å². The Kier molecular flexibility index (Phi) is 5.21. The van der Waals surface area contributed by atoms with Crippen molar-refractivity contribution in [3.63, 3.8) is 0 Å². The molecule has 0 radical (unpaired) electrons. The molecule has 0 atom stereocenters. The maximum atomic E-state index is 12.0. The number of carbonyl (C=O) groups is 2. The van der Waals surface area contributed by atoms with Gasteiger partial charge in [0.05, 0.1) is 12.7 Å². The van der Waals surface area contributed by atoms with Crippen LogP contribution >= 0.6 is 12.2 Å². The monoisotopic (exact) mass is 314 g/mol. The van der Waals surface area contributed by atoms with Crippen LogP contribution in [-0.2, 0) is 4.74 Å².